The summed E-state index contributed by atoms with van der Waals surface area (Å²) in [5, 5.41) is 4.57. The number of rotatable bonds is 11. The predicted molar refractivity (Wildman–Crippen MR) is 154 cm³/mol. The number of nitrogens with zero attached hydrogens (tertiary/aromatic N) is 3. The molecule has 1 saturated heterocycles. The zero-order valence-corrected chi connectivity index (χ0v) is 24.3. The van der Waals surface area contributed by atoms with Crippen molar-refractivity contribution in [1.29, 1.82) is 0 Å². The van der Waals surface area contributed by atoms with Gasteiger partial charge in [-0.1, -0.05) is 12.8 Å². The fourth-order valence-corrected chi connectivity index (χ4v) is 6.83. The summed E-state index contributed by atoms with van der Waals surface area (Å²) in [6.07, 6.45) is 6.95. The molecule has 0 bridgehead atoms. The van der Waals surface area contributed by atoms with Crippen molar-refractivity contribution in [2.75, 3.05) is 18.3 Å². The molecule has 222 valence electrons. The third-order valence-corrected chi connectivity index (χ3v) is 8.95. The molecular weight excluding hydrogens is 589 g/mol. The van der Waals surface area contributed by atoms with Crippen molar-refractivity contribution in [3.63, 3.8) is 0 Å². The van der Waals surface area contributed by atoms with Gasteiger partial charge in [0.2, 0.25) is 5.28 Å². The molecule has 2 fully saturated rings. The van der Waals surface area contributed by atoms with Crippen molar-refractivity contribution < 1.29 is 31.9 Å². The second-order valence-corrected chi connectivity index (χ2v) is 12.6. The molecule has 0 radical (unpaired) electrons. The summed E-state index contributed by atoms with van der Waals surface area (Å²) in [6.45, 7) is 0.128. The molecule has 2 aromatic heterocycles. The summed E-state index contributed by atoms with van der Waals surface area (Å²) >= 11 is 6.29. The summed E-state index contributed by atoms with van der Waals surface area (Å²) in [5.41, 5.74) is 0.687. The maximum Gasteiger partial charge on any atom is 0.456 e. The van der Waals surface area contributed by atoms with E-state index in [1.54, 1.807) is 0 Å². The number of benzene rings is 2. The van der Waals surface area contributed by atoms with Crippen molar-refractivity contribution >= 4 is 36.0 Å². The van der Waals surface area contributed by atoms with Crippen LogP contribution in [0.5, 0.6) is 11.5 Å². The van der Waals surface area contributed by atoms with E-state index in [1.807, 2.05) is 16.8 Å². The van der Waals surface area contributed by atoms with E-state index in [9.17, 15) is 13.3 Å². The maximum absolute atomic E-state index is 13.6. The fraction of sp³-hybridized carbons (Fsp3) is 0.379. The largest absolute Gasteiger partial charge is 0.456 e. The van der Waals surface area contributed by atoms with Gasteiger partial charge in [-0.25, -0.2) is 18.3 Å². The number of hydrogen-bond acceptors (Lipinski definition) is 8. The van der Waals surface area contributed by atoms with Gasteiger partial charge in [-0.3, -0.25) is 0 Å². The molecule has 0 amide bonds. The van der Waals surface area contributed by atoms with Gasteiger partial charge >= 0.3 is 7.60 Å². The number of nitrogens with one attached hydrogen (secondary N) is 1. The van der Waals surface area contributed by atoms with Crippen molar-refractivity contribution in [3.8, 4) is 11.5 Å². The first-order valence-electron chi connectivity index (χ1n) is 13.9. The topological polar surface area (TPSA) is 96.7 Å². The first-order valence-corrected chi connectivity index (χ1v) is 16.0. The second-order valence-electron chi connectivity index (χ2n) is 10.4. The van der Waals surface area contributed by atoms with Gasteiger partial charge in [0.25, 0.3) is 0 Å². The average molecular weight is 619 g/mol. The molecule has 1 saturated carbocycles. The van der Waals surface area contributed by atoms with Gasteiger partial charge in [-0.2, -0.15) is 4.98 Å². The van der Waals surface area contributed by atoms with E-state index in [4.69, 9.17) is 30.1 Å². The molecule has 2 aromatic carbocycles. The molecule has 0 spiro atoms. The Morgan fingerprint density at radius 1 is 0.929 bits per heavy atom. The van der Waals surface area contributed by atoms with E-state index in [1.165, 1.54) is 61.4 Å². The van der Waals surface area contributed by atoms with Crippen LogP contribution in [0.25, 0.3) is 11.0 Å². The van der Waals surface area contributed by atoms with E-state index >= 15 is 0 Å². The van der Waals surface area contributed by atoms with E-state index < -0.39 is 25.6 Å². The Bertz CT molecular complexity index is 1520. The van der Waals surface area contributed by atoms with Crippen LogP contribution in [-0.2, 0) is 14.0 Å². The number of aromatic nitrogens is 3. The Morgan fingerprint density at radius 3 is 2.21 bits per heavy atom. The van der Waals surface area contributed by atoms with E-state index in [-0.39, 0.29) is 35.7 Å². The van der Waals surface area contributed by atoms with Crippen LogP contribution in [0, 0.1) is 11.6 Å². The molecule has 1 aliphatic carbocycles. The van der Waals surface area contributed by atoms with Gasteiger partial charge in [0.1, 0.15) is 40.8 Å². The Hall–Kier alpha value is -3.24. The number of halogens is 3. The molecule has 1 aliphatic heterocycles. The quantitative estimate of drug-likeness (QED) is 0.135. The van der Waals surface area contributed by atoms with Crippen LogP contribution in [0.1, 0.15) is 44.8 Å². The van der Waals surface area contributed by atoms with Gasteiger partial charge < -0.3 is 28.4 Å². The Kier molecular flexibility index (Phi) is 8.62. The lowest BCUT2D eigenvalue weighted by Crippen LogP contribution is -2.19. The monoisotopic (exact) mass is 618 g/mol. The summed E-state index contributed by atoms with van der Waals surface area (Å²) in [5.74, 6) is 0.0818. The van der Waals surface area contributed by atoms with E-state index in [0.29, 0.717) is 24.5 Å². The van der Waals surface area contributed by atoms with Gasteiger partial charge in [0, 0.05) is 12.2 Å². The molecule has 9 nitrogen and oxygen atoms in total. The number of hydrogen-bond donors (Lipinski definition) is 1. The summed E-state index contributed by atoms with van der Waals surface area (Å²) in [7, 11) is -3.94. The highest BCUT2D eigenvalue weighted by Gasteiger charge is 2.32. The molecule has 3 heterocycles. The third kappa shape index (κ3) is 6.86. The average Bonchev–Trinajstić information content (AvgIpc) is 3.73. The zero-order chi connectivity index (χ0) is 29.1. The van der Waals surface area contributed by atoms with E-state index in [2.05, 4.69) is 15.3 Å². The normalized spacial score (nSPS) is 19.4. The standard InChI is InChI=1S/C29H30ClF2N4O5P/c30-29-34-27(33-21-3-1-2-4-21)25-15-16-36(28(25)35-29)26-14-13-24(39-26)17-38-18-42(37,40-22-9-5-19(31)6-10-22)41-23-11-7-20(32)8-12-23/h5-12,15-16,21,24,26H,1-4,13-14,17-18H2,(H,33,34,35)/t24-,26+/m0/s1. The highest BCUT2D eigenvalue weighted by Crippen LogP contribution is 2.48. The second kappa shape index (κ2) is 12.6. The fourth-order valence-electron chi connectivity index (χ4n) is 5.31. The van der Waals surface area contributed by atoms with Gasteiger partial charge in [0.15, 0.2) is 6.35 Å². The maximum atomic E-state index is 13.6. The van der Waals surface area contributed by atoms with Crippen molar-refractivity contribution in [1.82, 2.24) is 14.5 Å². The number of anilines is 1. The van der Waals surface area contributed by atoms with Crippen LogP contribution in [0.2, 0.25) is 5.28 Å². The number of fused-ring (bicyclic) bond motifs is 1. The third-order valence-electron chi connectivity index (χ3n) is 7.31. The van der Waals surface area contributed by atoms with Crippen LogP contribution >= 0.6 is 19.2 Å². The smallest absolute Gasteiger partial charge is 0.415 e. The van der Waals surface area contributed by atoms with Crippen molar-refractivity contribution in [3.05, 3.63) is 77.7 Å². The van der Waals surface area contributed by atoms with Crippen LogP contribution in [0.3, 0.4) is 0 Å². The lowest BCUT2D eigenvalue weighted by molar-refractivity contribution is -0.0340. The summed E-state index contributed by atoms with van der Waals surface area (Å²) in [4.78, 5) is 8.91. The lowest BCUT2D eigenvalue weighted by atomic mass is 10.2. The molecule has 13 heteroatoms. The molecule has 2 aliphatic rings. The van der Waals surface area contributed by atoms with Gasteiger partial charge in [-0.05, 0) is 91.9 Å². The summed E-state index contributed by atoms with van der Waals surface area (Å²) in [6, 6.07) is 12.4. The molecule has 42 heavy (non-hydrogen) atoms. The molecule has 1 N–H and O–H groups in total. The first kappa shape index (κ1) is 28.9. The first-order chi connectivity index (χ1) is 20.3. The van der Waals surface area contributed by atoms with E-state index in [0.717, 1.165) is 24.0 Å². The molecule has 6 rings (SSSR count). The predicted octanol–water partition coefficient (Wildman–Crippen LogP) is 7.72. The van der Waals surface area contributed by atoms with Gasteiger partial charge in [-0.15, -0.1) is 0 Å². The van der Waals surface area contributed by atoms with Crippen LogP contribution < -0.4 is 14.4 Å². The molecule has 0 unspecified atom stereocenters. The Labute approximate surface area is 246 Å². The minimum absolute atomic E-state index is 0.128. The highest BCUT2D eigenvalue weighted by molar-refractivity contribution is 7.54. The minimum atomic E-state index is -3.94. The lowest BCUT2D eigenvalue weighted by Gasteiger charge is -2.21. The number of ether oxygens (including phenoxy) is 2. The van der Waals surface area contributed by atoms with Crippen molar-refractivity contribution in [2.24, 2.45) is 0 Å². The van der Waals surface area contributed by atoms with Gasteiger partial charge in [0.05, 0.1) is 18.1 Å². The molecule has 2 atom stereocenters. The Morgan fingerprint density at radius 2 is 1.57 bits per heavy atom. The molecule has 4 aromatic rings. The van der Waals surface area contributed by atoms with Crippen LogP contribution in [0.4, 0.5) is 14.6 Å². The van der Waals surface area contributed by atoms with Crippen LogP contribution in [0.15, 0.2) is 60.8 Å². The van der Waals surface area contributed by atoms with Crippen LogP contribution in [-0.4, -0.2) is 39.6 Å². The minimum Gasteiger partial charge on any atom is -0.415 e. The SMILES string of the molecule is O=P(COC[C@@H]1CC[C@H](n2ccc3c(NC4CCCC4)nc(Cl)nc32)O1)(Oc1ccc(F)cc1)Oc1ccc(F)cc1. The van der Waals surface area contributed by atoms with Crippen molar-refractivity contribution in [2.45, 2.75) is 56.9 Å². The summed E-state index contributed by atoms with van der Waals surface area (Å²) < 4.78 is 65.6. The molecular formula is C29H30ClF2N4O5P. The Balaban J connectivity index is 1.10. The highest BCUT2D eigenvalue weighted by atomic mass is 35.5. The zero-order valence-electron chi connectivity index (χ0n) is 22.6.